The monoisotopic (exact) mass is 336 g/mol. The van der Waals surface area contributed by atoms with E-state index in [4.69, 9.17) is 4.52 Å². The Balaban J connectivity index is 1.62. The summed E-state index contributed by atoms with van der Waals surface area (Å²) in [5.74, 6) is 0.260. The Labute approximate surface area is 140 Å². The maximum Gasteiger partial charge on any atom is 0.240 e. The molecule has 3 rings (SSSR count). The van der Waals surface area contributed by atoms with E-state index in [0.29, 0.717) is 23.8 Å². The van der Waals surface area contributed by atoms with Gasteiger partial charge < -0.3 is 4.52 Å². The quantitative estimate of drug-likeness (QED) is 0.840. The zero-order valence-corrected chi connectivity index (χ0v) is 14.0. The van der Waals surface area contributed by atoms with Crippen molar-refractivity contribution in [3.8, 4) is 0 Å². The van der Waals surface area contributed by atoms with Crippen LogP contribution in [0, 0.1) is 18.6 Å². The lowest BCUT2D eigenvalue weighted by atomic mass is 10.0. The second-order valence-corrected chi connectivity index (χ2v) is 6.14. The molecule has 130 valence electrons. The Morgan fingerprint density at radius 1 is 1.21 bits per heavy atom. The van der Waals surface area contributed by atoms with Crippen molar-refractivity contribution in [2.75, 3.05) is 26.2 Å². The SMILES string of the molecule is CCC(c1ccc(F)cc1F)N1CCN(Cc2nc(C)no2)CC1. The molecule has 1 fully saturated rings. The van der Waals surface area contributed by atoms with Crippen molar-refractivity contribution < 1.29 is 13.3 Å². The van der Waals surface area contributed by atoms with Gasteiger partial charge in [0.1, 0.15) is 11.6 Å². The number of rotatable bonds is 5. The molecule has 5 nitrogen and oxygen atoms in total. The molecule has 1 unspecified atom stereocenters. The fourth-order valence-electron chi connectivity index (χ4n) is 3.28. The van der Waals surface area contributed by atoms with Gasteiger partial charge in [0.05, 0.1) is 6.54 Å². The number of aromatic nitrogens is 2. The van der Waals surface area contributed by atoms with E-state index in [1.54, 1.807) is 13.0 Å². The Hall–Kier alpha value is -1.86. The molecular weight excluding hydrogens is 314 g/mol. The molecule has 1 atom stereocenters. The second kappa shape index (κ2) is 7.36. The molecule has 24 heavy (non-hydrogen) atoms. The largest absolute Gasteiger partial charge is 0.338 e. The molecule has 0 bridgehead atoms. The van der Waals surface area contributed by atoms with Crippen molar-refractivity contribution in [2.24, 2.45) is 0 Å². The molecule has 0 N–H and O–H groups in total. The molecule has 0 radical (unpaired) electrons. The summed E-state index contributed by atoms with van der Waals surface area (Å²) in [6.45, 7) is 7.80. The van der Waals surface area contributed by atoms with Crippen LogP contribution in [0.1, 0.15) is 36.7 Å². The van der Waals surface area contributed by atoms with Gasteiger partial charge in [0.25, 0.3) is 0 Å². The van der Waals surface area contributed by atoms with Crippen LogP contribution >= 0.6 is 0 Å². The van der Waals surface area contributed by atoms with E-state index < -0.39 is 11.6 Å². The molecule has 2 aromatic rings. The van der Waals surface area contributed by atoms with Crippen LogP contribution < -0.4 is 0 Å². The van der Waals surface area contributed by atoms with E-state index in [0.717, 1.165) is 38.7 Å². The first-order valence-corrected chi connectivity index (χ1v) is 8.27. The van der Waals surface area contributed by atoms with Gasteiger partial charge in [-0.15, -0.1) is 0 Å². The average Bonchev–Trinajstić information content (AvgIpc) is 2.96. The topological polar surface area (TPSA) is 45.4 Å². The molecule has 1 aromatic heterocycles. The minimum absolute atomic E-state index is 0.0293. The van der Waals surface area contributed by atoms with E-state index in [-0.39, 0.29) is 6.04 Å². The summed E-state index contributed by atoms with van der Waals surface area (Å²) in [5, 5.41) is 3.80. The van der Waals surface area contributed by atoms with Crippen LogP contribution in [-0.4, -0.2) is 46.1 Å². The van der Waals surface area contributed by atoms with Gasteiger partial charge in [0.15, 0.2) is 5.82 Å². The van der Waals surface area contributed by atoms with Gasteiger partial charge in [0, 0.05) is 43.9 Å². The van der Waals surface area contributed by atoms with Crippen molar-refractivity contribution in [1.82, 2.24) is 19.9 Å². The number of piperazine rings is 1. The minimum atomic E-state index is -0.536. The zero-order valence-electron chi connectivity index (χ0n) is 14.0. The number of halogens is 2. The van der Waals surface area contributed by atoms with Crippen LogP contribution in [-0.2, 0) is 6.54 Å². The van der Waals surface area contributed by atoms with Crippen LogP contribution in [0.5, 0.6) is 0 Å². The Bertz CT molecular complexity index is 683. The summed E-state index contributed by atoms with van der Waals surface area (Å²) in [4.78, 5) is 8.73. The van der Waals surface area contributed by atoms with Crippen molar-refractivity contribution >= 4 is 0 Å². The van der Waals surface area contributed by atoms with E-state index in [2.05, 4.69) is 19.9 Å². The number of hydrogen-bond acceptors (Lipinski definition) is 5. The first-order valence-electron chi connectivity index (χ1n) is 8.27. The fourth-order valence-corrected chi connectivity index (χ4v) is 3.28. The van der Waals surface area contributed by atoms with Crippen LogP contribution in [0.3, 0.4) is 0 Å². The summed E-state index contributed by atoms with van der Waals surface area (Å²) < 4.78 is 32.4. The number of benzene rings is 1. The van der Waals surface area contributed by atoms with Gasteiger partial charge in [-0.3, -0.25) is 9.80 Å². The van der Waals surface area contributed by atoms with Crippen molar-refractivity contribution in [2.45, 2.75) is 32.9 Å². The summed E-state index contributed by atoms with van der Waals surface area (Å²) in [6, 6.07) is 3.83. The molecule has 1 aliphatic rings. The van der Waals surface area contributed by atoms with Crippen LogP contribution in [0.15, 0.2) is 22.7 Å². The Kier molecular flexibility index (Phi) is 5.20. The molecule has 1 aromatic carbocycles. The molecule has 1 saturated heterocycles. The highest BCUT2D eigenvalue weighted by molar-refractivity contribution is 5.22. The first kappa shape index (κ1) is 17.0. The van der Waals surface area contributed by atoms with Gasteiger partial charge in [-0.1, -0.05) is 18.1 Å². The minimum Gasteiger partial charge on any atom is -0.338 e. The lowest BCUT2D eigenvalue weighted by Gasteiger charge is -2.38. The third kappa shape index (κ3) is 3.79. The smallest absolute Gasteiger partial charge is 0.240 e. The van der Waals surface area contributed by atoms with Crippen LogP contribution in [0.4, 0.5) is 8.78 Å². The second-order valence-electron chi connectivity index (χ2n) is 6.14. The highest BCUT2D eigenvalue weighted by Gasteiger charge is 2.26. The zero-order chi connectivity index (χ0) is 17.1. The first-order chi connectivity index (χ1) is 11.6. The van der Waals surface area contributed by atoms with Gasteiger partial charge >= 0.3 is 0 Å². The van der Waals surface area contributed by atoms with Crippen molar-refractivity contribution in [3.05, 3.63) is 47.1 Å². The molecule has 0 saturated carbocycles. The average molecular weight is 336 g/mol. The van der Waals surface area contributed by atoms with E-state index >= 15 is 0 Å². The number of aryl methyl sites for hydroxylation is 1. The van der Waals surface area contributed by atoms with Crippen LogP contribution in [0.25, 0.3) is 0 Å². The van der Waals surface area contributed by atoms with Gasteiger partial charge in [-0.2, -0.15) is 4.98 Å². The van der Waals surface area contributed by atoms with Gasteiger partial charge in [0.2, 0.25) is 5.89 Å². The highest BCUT2D eigenvalue weighted by Crippen LogP contribution is 2.28. The summed E-state index contributed by atoms with van der Waals surface area (Å²) in [6.07, 6.45) is 0.783. The highest BCUT2D eigenvalue weighted by atomic mass is 19.1. The Morgan fingerprint density at radius 3 is 2.54 bits per heavy atom. The third-order valence-corrected chi connectivity index (χ3v) is 4.48. The molecule has 0 aliphatic carbocycles. The molecule has 7 heteroatoms. The van der Waals surface area contributed by atoms with Crippen LogP contribution in [0.2, 0.25) is 0 Å². The van der Waals surface area contributed by atoms with Crippen molar-refractivity contribution in [1.29, 1.82) is 0 Å². The fraction of sp³-hybridized carbons (Fsp3) is 0.529. The predicted molar refractivity (Wildman–Crippen MR) is 85.3 cm³/mol. The molecular formula is C17H22F2N4O. The van der Waals surface area contributed by atoms with E-state index in [1.165, 1.54) is 6.07 Å². The maximum atomic E-state index is 14.1. The Morgan fingerprint density at radius 2 is 1.96 bits per heavy atom. The molecule has 1 aliphatic heterocycles. The maximum absolute atomic E-state index is 14.1. The predicted octanol–water partition coefficient (Wildman–Crippen LogP) is 2.93. The van der Waals surface area contributed by atoms with Gasteiger partial charge in [-0.25, -0.2) is 8.78 Å². The molecule has 0 spiro atoms. The third-order valence-electron chi connectivity index (χ3n) is 4.48. The number of hydrogen-bond donors (Lipinski definition) is 0. The summed E-state index contributed by atoms with van der Waals surface area (Å²) in [5.41, 5.74) is 0.569. The summed E-state index contributed by atoms with van der Waals surface area (Å²) >= 11 is 0. The van der Waals surface area contributed by atoms with Crippen molar-refractivity contribution in [3.63, 3.8) is 0 Å². The lowest BCUT2D eigenvalue weighted by Crippen LogP contribution is -2.47. The normalized spacial score (nSPS) is 18.0. The molecule has 0 amide bonds. The van der Waals surface area contributed by atoms with E-state index in [1.807, 2.05) is 6.92 Å². The van der Waals surface area contributed by atoms with E-state index in [9.17, 15) is 8.78 Å². The summed E-state index contributed by atoms with van der Waals surface area (Å²) in [7, 11) is 0. The lowest BCUT2D eigenvalue weighted by molar-refractivity contribution is 0.0817. The standard InChI is InChI=1S/C17H22F2N4O/c1-3-16(14-5-4-13(18)10-15(14)19)23-8-6-22(7-9-23)11-17-20-12(2)21-24-17/h4-5,10,16H,3,6-9,11H2,1-2H3. The van der Waals surface area contributed by atoms with Gasteiger partial charge in [-0.05, 0) is 19.4 Å². The number of nitrogens with zero attached hydrogens (tertiary/aromatic N) is 4. The molecule has 2 heterocycles.